The Morgan fingerprint density at radius 1 is 1.35 bits per heavy atom. The summed E-state index contributed by atoms with van der Waals surface area (Å²) < 4.78 is 2.47. The van der Waals surface area contributed by atoms with Gasteiger partial charge in [0.05, 0.1) is 11.4 Å². The molecular weight excluding hydrogens is 268 g/mol. The molecule has 0 spiro atoms. The highest BCUT2D eigenvalue weighted by Gasteiger charge is 2.32. The number of aromatic nitrogens is 2. The van der Waals surface area contributed by atoms with Gasteiger partial charge < -0.3 is 5.73 Å². The number of nitrogens with two attached hydrogens (primary N) is 1. The number of nitrogens with zero attached hydrogens (tertiary/aromatic N) is 3. The molecule has 0 amide bonds. The van der Waals surface area contributed by atoms with Gasteiger partial charge in [-0.2, -0.15) is 16.9 Å². The van der Waals surface area contributed by atoms with Gasteiger partial charge in [0.1, 0.15) is 0 Å². The lowest BCUT2D eigenvalue weighted by Gasteiger charge is -2.40. The van der Waals surface area contributed by atoms with Gasteiger partial charge in [-0.25, -0.2) is 0 Å². The quantitative estimate of drug-likeness (QED) is 0.873. The number of rotatable bonds is 6. The molecule has 2 N–H and O–H groups in total. The smallest absolute Gasteiger partial charge is 0.0625 e. The molecule has 5 heteroatoms. The highest BCUT2D eigenvalue weighted by atomic mass is 32.2. The molecule has 0 aromatic carbocycles. The lowest BCUT2D eigenvalue weighted by molar-refractivity contribution is 0.190. The van der Waals surface area contributed by atoms with Crippen molar-refractivity contribution in [1.82, 2.24) is 14.7 Å². The van der Waals surface area contributed by atoms with E-state index in [4.69, 9.17) is 5.73 Å². The third-order valence-electron chi connectivity index (χ3n) is 4.53. The van der Waals surface area contributed by atoms with E-state index in [0.29, 0.717) is 4.75 Å². The number of aryl methyl sites for hydroxylation is 2. The molecule has 1 aromatic heterocycles. The molecule has 1 aromatic rings. The number of hydrogen-bond donors (Lipinski definition) is 1. The summed E-state index contributed by atoms with van der Waals surface area (Å²) in [7, 11) is 0. The van der Waals surface area contributed by atoms with Crippen molar-refractivity contribution >= 4 is 11.8 Å². The van der Waals surface area contributed by atoms with E-state index in [1.165, 1.54) is 24.2 Å². The fourth-order valence-corrected chi connectivity index (χ4v) is 3.69. The van der Waals surface area contributed by atoms with Gasteiger partial charge in [-0.1, -0.05) is 6.92 Å². The second kappa shape index (κ2) is 6.96. The van der Waals surface area contributed by atoms with Crippen molar-refractivity contribution in [3.63, 3.8) is 0 Å². The van der Waals surface area contributed by atoms with Gasteiger partial charge in [-0.05, 0) is 51.6 Å². The Morgan fingerprint density at radius 3 is 2.55 bits per heavy atom. The highest BCUT2D eigenvalue weighted by molar-refractivity contribution is 8.00. The minimum atomic E-state index is 0.316. The number of likely N-dealkylation sites (tertiary alicyclic amines) is 1. The standard InChI is InChI=1S/C15H28N4S/c1-4-13-10-14(19(5-2)17-13)11-18-8-6-15(12-16,20-3)7-9-18/h10H,4-9,11-12,16H2,1-3H3. The van der Waals surface area contributed by atoms with Crippen LogP contribution in [-0.2, 0) is 19.5 Å². The average molecular weight is 296 g/mol. The van der Waals surface area contributed by atoms with Crippen molar-refractivity contribution in [2.24, 2.45) is 5.73 Å². The monoisotopic (exact) mass is 296 g/mol. The summed E-state index contributed by atoms with van der Waals surface area (Å²) in [6, 6.07) is 2.27. The topological polar surface area (TPSA) is 47.1 Å². The second-order valence-corrected chi connectivity index (χ2v) is 6.94. The summed E-state index contributed by atoms with van der Waals surface area (Å²) in [5, 5.41) is 4.64. The van der Waals surface area contributed by atoms with Crippen molar-refractivity contribution in [1.29, 1.82) is 0 Å². The Labute approximate surface area is 127 Å². The molecular formula is C15H28N4S. The van der Waals surface area contributed by atoms with Gasteiger partial charge in [0.2, 0.25) is 0 Å². The molecule has 0 aliphatic carbocycles. The maximum absolute atomic E-state index is 5.96. The maximum Gasteiger partial charge on any atom is 0.0625 e. The van der Waals surface area contributed by atoms with Crippen LogP contribution in [0.4, 0.5) is 0 Å². The zero-order valence-corrected chi connectivity index (χ0v) is 13.9. The largest absolute Gasteiger partial charge is 0.329 e. The molecule has 2 rings (SSSR count). The molecule has 0 bridgehead atoms. The van der Waals surface area contributed by atoms with Crippen LogP contribution < -0.4 is 5.73 Å². The maximum atomic E-state index is 5.96. The van der Waals surface area contributed by atoms with Gasteiger partial charge in [0, 0.05) is 24.4 Å². The molecule has 1 saturated heterocycles. The van der Waals surface area contributed by atoms with Gasteiger partial charge >= 0.3 is 0 Å². The minimum Gasteiger partial charge on any atom is -0.329 e. The molecule has 0 atom stereocenters. The lowest BCUT2D eigenvalue weighted by Crippen LogP contribution is -2.46. The van der Waals surface area contributed by atoms with E-state index in [1.54, 1.807) is 0 Å². The summed E-state index contributed by atoms with van der Waals surface area (Å²) in [4.78, 5) is 2.55. The Hall–Kier alpha value is -0.520. The fourth-order valence-electron chi connectivity index (χ4n) is 2.93. The first-order valence-electron chi connectivity index (χ1n) is 7.69. The Morgan fingerprint density at radius 2 is 2.05 bits per heavy atom. The van der Waals surface area contributed by atoms with Crippen LogP contribution in [0.3, 0.4) is 0 Å². The number of piperidine rings is 1. The predicted octanol–water partition coefficient (Wildman–Crippen LogP) is 2.12. The molecule has 1 fully saturated rings. The zero-order valence-electron chi connectivity index (χ0n) is 13.1. The first-order chi connectivity index (χ1) is 9.66. The van der Waals surface area contributed by atoms with E-state index in [2.05, 4.69) is 40.9 Å². The van der Waals surface area contributed by atoms with Crippen LogP contribution in [0.15, 0.2) is 6.07 Å². The Balaban J connectivity index is 1.97. The molecule has 114 valence electrons. The summed E-state index contributed by atoms with van der Waals surface area (Å²) >= 11 is 1.95. The molecule has 0 radical (unpaired) electrons. The average Bonchev–Trinajstić information content (AvgIpc) is 2.90. The molecule has 0 unspecified atom stereocenters. The van der Waals surface area contributed by atoms with Gasteiger partial charge in [-0.3, -0.25) is 9.58 Å². The van der Waals surface area contributed by atoms with Crippen LogP contribution in [0.5, 0.6) is 0 Å². The summed E-state index contributed by atoms with van der Waals surface area (Å²) in [5.41, 5.74) is 8.52. The van der Waals surface area contributed by atoms with Crippen molar-refractivity contribution in [3.8, 4) is 0 Å². The Bertz CT molecular complexity index is 416. The minimum absolute atomic E-state index is 0.316. The van der Waals surface area contributed by atoms with E-state index < -0.39 is 0 Å². The van der Waals surface area contributed by atoms with Gasteiger partial charge in [0.25, 0.3) is 0 Å². The van der Waals surface area contributed by atoms with Crippen molar-refractivity contribution in [2.45, 2.75) is 50.9 Å². The number of hydrogen-bond acceptors (Lipinski definition) is 4. The third kappa shape index (κ3) is 3.38. The van der Waals surface area contributed by atoms with E-state index in [1.807, 2.05) is 11.8 Å². The SMILES string of the molecule is CCc1cc(CN2CCC(CN)(SC)CC2)n(CC)n1. The van der Waals surface area contributed by atoms with Crippen LogP contribution in [-0.4, -0.2) is 45.3 Å². The Kier molecular flexibility index (Phi) is 5.52. The van der Waals surface area contributed by atoms with Crippen LogP contribution in [0.2, 0.25) is 0 Å². The lowest BCUT2D eigenvalue weighted by atomic mass is 9.95. The van der Waals surface area contributed by atoms with Crippen molar-refractivity contribution < 1.29 is 0 Å². The molecule has 1 aliphatic heterocycles. The second-order valence-electron chi connectivity index (χ2n) is 5.66. The number of thioether (sulfide) groups is 1. The molecule has 2 heterocycles. The summed E-state index contributed by atoms with van der Waals surface area (Å²) in [6.45, 7) is 9.41. The normalized spacial score (nSPS) is 19.4. The molecule has 0 saturated carbocycles. The summed E-state index contributed by atoms with van der Waals surface area (Å²) in [6.07, 6.45) is 5.61. The van der Waals surface area contributed by atoms with Crippen molar-refractivity contribution in [2.75, 3.05) is 25.9 Å². The zero-order chi connectivity index (χ0) is 14.6. The molecule has 20 heavy (non-hydrogen) atoms. The van der Waals surface area contributed by atoms with Gasteiger partial charge in [0.15, 0.2) is 0 Å². The van der Waals surface area contributed by atoms with Crippen LogP contribution in [0.1, 0.15) is 38.1 Å². The van der Waals surface area contributed by atoms with E-state index in [-0.39, 0.29) is 0 Å². The highest BCUT2D eigenvalue weighted by Crippen LogP contribution is 2.33. The van der Waals surface area contributed by atoms with E-state index >= 15 is 0 Å². The molecule has 4 nitrogen and oxygen atoms in total. The first kappa shape index (κ1) is 15.9. The summed E-state index contributed by atoms with van der Waals surface area (Å²) in [5.74, 6) is 0. The van der Waals surface area contributed by atoms with Crippen molar-refractivity contribution in [3.05, 3.63) is 17.5 Å². The third-order valence-corrected chi connectivity index (χ3v) is 5.97. The first-order valence-corrected chi connectivity index (χ1v) is 8.92. The predicted molar refractivity (Wildman–Crippen MR) is 87.1 cm³/mol. The van der Waals surface area contributed by atoms with Crippen LogP contribution in [0.25, 0.3) is 0 Å². The molecule has 1 aliphatic rings. The van der Waals surface area contributed by atoms with Crippen LogP contribution >= 0.6 is 11.8 Å². The van der Waals surface area contributed by atoms with E-state index in [0.717, 1.165) is 39.1 Å². The van der Waals surface area contributed by atoms with Crippen LogP contribution in [0, 0.1) is 0 Å². The van der Waals surface area contributed by atoms with E-state index in [9.17, 15) is 0 Å². The van der Waals surface area contributed by atoms with Gasteiger partial charge in [-0.15, -0.1) is 0 Å². The fraction of sp³-hybridized carbons (Fsp3) is 0.800.